The lowest BCUT2D eigenvalue weighted by molar-refractivity contribution is -0.0508. The number of rotatable bonds is 12. The predicted molar refractivity (Wildman–Crippen MR) is 295 cm³/mol. The van der Waals surface area contributed by atoms with E-state index in [-0.39, 0.29) is 41.2 Å². The first kappa shape index (κ1) is 66.6. The highest BCUT2D eigenvalue weighted by atomic mass is 32.4. The summed E-state index contributed by atoms with van der Waals surface area (Å²) in [5, 5.41) is 4.08. The Bertz CT molecular complexity index is 2050. The van der Waals surface area contributed by atoms with Crippen LogP contribution in [-0.4, -0.2) is 20.5 Å². The molecule has 0 bridgehead atoms. The summed E-state index contributed by atoms with van der Waals surface area (Å²) >= 11 is 0. The number of nitrogens with zero attached hydrogens (tertiary/aromatic N) is 4. The lowest BCUT2D eigenvalue weighted by atomic mass is 9.47. The molecule has 0 unspecified atom stereocenters. The van der Waals surface area contributed by atoms with Gasteiger partial charge < -0.3 is 0 Å². The summed E-state index contributed by atoms with van der Waals surface area (Å²) in [5.41, 5.74) is 13.4. The standard InChI is InChI=1S/C27H45F2NOS.C27H45N3.4CH4.F4OS/c1-18(2)7-6-8-19(3)23-11-12-24-22-10-9-20-17-21(30-32(28,29)31)13-15-26(20,4)25(22)14-16-27(23,24)5;1-18(2)7-6-8-19(3)23-11-12-24-22-10-9-20-17-21(29-30-28)13-15-26(20,4)25(22)14-16-27(23,24)5;;;;;1-6(2,3,4)5/h9,18-19,21-25H,6-8,10-17H2,1-5H3;9,18-19,21-25H,6-8,10-17H2,1-5H3;4*1H4;/t2*19-,21+,22+,23-,24+,25+,26+,27-;;;;;/m11...../s1. The molecule has 8 aliphatic rings. The fraction of sp³-hybridized carbons (Fsp3) is 0.931. The third-order valence-corrected chi connectivity index (χ3v) is 21.6. The van der Waals surface area contributed by atoms with Crippen LogP contribution in [0.25, 0.3) is 10.4 Å². The van der Waals surface area contributed by atoms with Crippen molar-refractivity contribution < 1.29 is 31.7 Å². The molecule has 0 aliphatic heterocycles. The molecule has 0 saturated heterocycles. The smallest absolute Gasteiger partial charge is 0.180 e. The van der Waals surface area contributed by atoms with Crippen LogP contribution in [0.1, 0.15) is 240 Å². The van der Waals surface area contributed by atoms with E-state index in [0.29, 0.717) is 35.0 Å². The van der Waals surface area contributed by atoms with Gasteiger partial charge in [-0.1, -0.05) is 189 Å². The molecule has 8 rings (SSSR count). The molecule has 0 radical (unpaired) electrons. The Morgan fingerprint density at radius 1 is 0.611 bits per heavy atom. The number of azide groups is 1. The van der Waals surface area contributed by atoms with Gasteiger partial charge in [0.25, 0.3) is 0 Å². The van der Waals surface area contributed by atoms with E-state index in [4.69, 9.17) is 9.74 Å². The zero-order valence-corrected chi connectivity index (χ0v) is 45.1. The molecule has 0 heterocycles. The van der Waals surface area contributed by atoms with Gasteiger partial charge in [0, 0.05) is 11.0 Å². The van der Waals surface area contributed by atoms with E-state index in [2.05, 4.69) is 95.8 Å². The number of halogens is 6. The molecule has 0 amide bonds. The van der Waals surface area contributed by atoms with Crippen molar-refractivity contribution in [1.82, 2.24) is 0 Å². The molecule has 6 fully saturated rings. The van der Waals surface area contributed by atoms with Gasteiger partial charge in [-0.3, -0.25) is 0 Å². The summed E-state index contributed by atoms with van der Waals surface area (Å²) in [5.74, 6) is 10.1. The Hall–Kier alpha value is -1.53. The van der Waals surface area contributed by atoms with E-state index in [1.54, 1.807) is 5.57 Å². The topological polar surface area (TPSA) is 95.3 Å². The Balaban J connectivity index is 0.000000423. The highest BCUT2D eigenvalue weighted by Gasteiger charge is 2.61. The second-order valence-electron chi connectivity index (χ2n) is 25.7. The monoisotopic (exact) mass is 1070 g/mol. The molecule has 0 aromatic carbocycles. The molecule has 16 atom stereocenters. The van der Waals surface area contributed by atoms with Gasteiger partial charge >= 0.3 is 21.1 Å². The summed E-state index contributed by atoms with van der Waals surface area (Å²) in [6.45, 7) is 24.7. The first-order valence-corrected chi connectivity index (χ1v) is 30.0. The molecule has 0 spiro atoms. The molecule has 8 aliphatic carbocycles. The second kappa shape index (κ2) is 25.3. The van der Waals surface area contributed by atoms with Gasteiger partial charge in [0.2, 0.25) is 0 Å². The molecule has 14 heteroatoms. The maximum absolute atomic E-state index is 13.0. The normalized spacial score (nSPS) is 38.8. The van der Waals surface area contributed by atoms with Crippen molar-refractivity contribution in [2.45, 2.75) is 252 Å². The maximum atomic E-state index is 13.0. The van der Waals surface area contributed by atoms with Crippen LogP contribution in [0.15, 0.2) is 32.8 Å². The van der Waals surface area contributed by atoms with Gasteiger partial charge in [-0.25, -0.2) is 0 Å². The van der Waals surface area contributed by atoms with Crippen molar-refractivity contribution in [1.29, 1.82) is 0 Å². The fourth-order valence-corrected chi connectivity index (χ4v) is 18.3. The van der Waals surface area contributed by atoms with E-state index < -0.39 is 27.2 Å². The average molecular weight is 1070 g/mol. The van der Waals surface area contributed by atoms with Gasteiger partial charge in [0.15, 0.2) is 0 Å². The molecule has 0 N–H and O–H groups in total. The fourth-order valence-electron chi connectivity index (χ4n) is 17.8. The molecular weight excluding hydrogens is 963 g/mol. The molecular formula is C58H106F6N4O2S2. The van der Waals surface area contributed by atoms with Crippen LogP contribution in [-0.2, 0) is 21.1 Å². The largest absolute Gasteiger partial charge is 0.456 e. The van der Waals surface area contributed by atoms with Gasteiger partial charge in [-0.2, -0.15) is 12.8 Å². The van der Waals surface area contributed by atoms with Gasteiger partial charge in [-0.15, -0.1) is 0 Å². The Kier molecular flexibility index (Phi) is 23.4. The quantitative estimate of drug-likeness (QED) is 0.0486. The second-order valence-corrected chi connectivity index (χ2v) is 27.9. The number of hydrogen-bond acceptors (Lipinski definition) is 4. The summed E-state index contributed by atoms with van der Waals surface area (Å²) in [7, 11) is -13.1. The van der Waals surface area contributed by atoms with Crippen LogP contribution in [0.2, 0.25) is 0 Å². The first-order chi connectivity index (χ1) is 31.5. The van der Waals surface area contributed by atoms with E-state index in [1.807, 2.05) is 0 Å². The maximum Gasteiger partial charge on any atom is 0.456 e. The van der Waals surface area contributed by atoms with E-state index >= 15 is 0 Å². The van der Waals surface area contributed by atoms with Crippen molar-refractivity contribution in [2.75, 3.05) is 0 Å². The molecule has 0 aromatic heterocycles. The van der Waals surface area contributed by atoms with Crippen molar-refractivity contribution in [3.8, 4) is 0 Å². The molecule has 72 heavy (non-hydrogen) atoms. The number of fused-ring (bicyclic) bond motifs is 10. The zero-order valence-electron chi connectivity index (χ0n) is 43.5. The first-order valence-electron chi connectivity index (χ1n) is 27.1. The van der Waals surface area contributed by atoms with Crippen molar-refractivity contribution >= 4 is 21.1 Å². The lowest BCUT2D eigenvalue weighted by Gasteiger charge is -2.58. The van der Waals surface area contributed by atoms with E-state index in [9.17, 15) is 27.5 Å². The minimum Gasteiger partial charge on any atom is -0.180 e. The summed E-state index contributed by atoms with van der Waals surface area (Å²) in [4.78, 5) is 3.11. The minimum absolute atomic E-state index is 0. The highest BCUT2D eigenvalue weighted by Crippen LogP contribution is 2.69. The third-order valence-electron chi connectivity index (χ3n) is 21.0. The van der Waals surface area contributed by atoms with Gasteiger partial charge in [-0.05, 0) is 201 Å². The van der Waals surface area contributed by atoms with Crippen molar-refractivity contribution in [3.63, 3.8) is 0 Å². The lowest BCUT2D eigenvalue weighted by Crippen LogP contribution is -2.50. The van der Waals surface area contributed by atoms with Crippen LogP contribution in [0, 0.1) is 92.7 Å². The minimum atomic E-state index is -8.10. The SMILES string of the molecule is C.C.C.C.CC(C)CCC[C@@H](C)[C@H]1CC[C@H]2[C@@H]3CC=C4C[C@@H](N=S(=O)(F)F)CC[C@]4(C)[C@H]3CC[C@]12C.CC(C)CCC[C@@H](C)[C@H]1CC[C@H]2[C@@H]3CC=C4C[C@@H](N=[N+]=[N-])CC[C@]4(C)[C@H]3CC[C@]12C.O=S(F)(F)(F)F. The Morgan fingerprint density at radius 2 is 0.986 bits per heavy atom. The van der Waals surface area contributed by atoms with E-state index in [0.717, 1.165) is 90.8 Å². The molecule has 424 valence electrons. The summed E-state index contributed by atoms with van der Waals surface area (Å²) < 4.78 is 88.2. The van der Waals surface area contributed by atoms with Crippen LogP contribution in [0.5, 0.6) is 0 Å². The summed E-state index contributed by atoms with van der Waals surface area (Å²) in [6, 6.07) is -0.271. The van der Waals surface area contributed by atoms with Crippen LogP contribution < -0.4 is 0 Å². The highest BCUT2D eigenvalue weighted by molar-refractivity contribution is 8.01. The average Bonchev–Trinajstić information content (AvgIpc) is 3.76. The molecule has 6 saturated carbocycles. The van der Waals surface area contributed by atoms with Gasteiger partial charge in [0.05, 0.1) is 6.04 Å². The van der Waals surface area contributed by atoms with Crippen LogP contribution in [0.3, 0.4) is 0 Å². The van der Waals surface area contributed by atoms with Crippen LogP contribution >= 0.6 is 0 Å². The molecule has 0 aromatic rings. The number of allylic oxidation sites excluding steroid dienone is 2. The predicted octanol–water partition coefficient (Wildman–Crippen LogP) is 21.2. The van der Waals surface area contributed by atoms with Crippen molar-refractivity contribution in [3.05, 3.63) is 33.7 Å². The van der Waals surface area contributed by atoms with Crippen LogP contribution in [0.4, 0.5) is 23.3 Å². The Morgan fingerprint density at radius 3 is 1.35 bits per heavy atom. The van der Waals surface area contributed by atoms with E-state index in [1.165, 1.54) is 108 Å². The number of hydrogen-bond donors (Lipinski definition) is 0. The van der Waals surface area contributed by atoms with Crippen molar-refractivity contribution in [2.24, 2.45) is 102 Å². The molecule has 6 nitrogen and oxygen atoms in total. The summed E-state index contributed by atoms with van der Waals surface area (Å²) in [6.07, 6.45) is 32.4. The van der Waals surface area contributed by atoms with Gasteiger partial charge in [0.1, 0.15) is 0 Å². The third kappa shape index (κ3) is 15.4. The zero-order chi connectivity index (χ0) is 50.3. The Labute approximate surface area is 439 Å².